The average Bonchev–Trinajstić information content (AvgIpc) is 2.27. The first-order valence-corrected chi connectivity index (χ1v) is 7.56. The lowest BCUT2D eigenvalue weighted by Crippen LogP contribution is -2.40. The Labute approximate surface area is 104 Å². The van der Waals surface area contributed by atoms with Gasteiger partial charge in [-0.05, 0) is 32.5 Å². The summed E-state index contributed by atoms with van der Waals surface area (Å²) >= 11 is 0. The van der Waals surface area contributed by atoms with Crippen LogP contribution < -0.4 is 0 Å². The molecule has 0 fully saturated rings. The Balaban J connectivity index is 2.68. The molecule has 5 heteroatoms. The van der Waals surface area contributed by atoms with Crippen LogP contribution in [0.3, 0.4) is 0 Å². The molecule has 2 atom stereocenters. The molecule has 96 valence electrons. The molecule has 0 aliphatic heterocycles. The molecule has 0 spiro atoms. The monoisotopic (exact) mass is 256 g/mol. The maximum Gasteiger partial charge on any atom is 0.151 e. The molecule has 17 heavy (non-hydrogen) atoms. The van der Waals surface area contributed by atoms with Crippen molar-refractivity contribution in [3.05, 3.63) is 30.1 Å². The molecule has 1 heterocycles. The molecule has 0 saturated heterocycles. The highest BCUT2D eigenvalue weighted by molar-refractivity contribution is 7.91. The van der Waals surface area contributed by atoms with Gasteiger partial charge in [-0.15, -0.1) is 0 Å². The van der Waals surface area contributed by atoms with Gasteiger partial charge in [0.05, 0.1) is 5.25 Å². The number of pyridine rings is 1. The van der Waals surface area contributed by atoms with Crippen molar-refractivity contribution in [2.24, 2.45) is 0 Å². The second-order valence-corrected chi connectivity index (χ2v) is 6.95. The highest BCUT2D eigenvalue weighted by atomic mass is 32.2. The number of aromatic nitrogens is 1. The van der Waals surface area contributed by atoms with E-state index in [1.807, 2.05) is 31.0 Å². The fraction of sp³-hybridized carbons (Fsp3) is 0.583. The summed E-state index contributed by atoms with van der Waals surface area (Å²) < 4.78 is 23.0. The zero-order chi connectivity index (χ0) is 13.1. The fourth-order valence-corrected chi connectivity index (χ4v) is 2.56. The summed E-state index contributed by atoms with van der Waals surface area (Å²) in [7, 11) is -1.07. The van der Waals surface area contributed by atoms with Crippen LogP contribution in [0.25, 0.3) is 0 Å². The van der Waals surface area contributed by atoms with Gasteiger partial charge in [-0.25, -0.2) is 8.42 Å². The first-order valence-electron chi connectivity index (χ1n) is 5.60. The number of hydrogen-bond acceptors (Lipinski definition) is 4. The minimum absolute atomic E-state index is 0.0230. The number of nitrogens with zero attached hydrogens (tertiary/aromatic N) is 2. The van der Waals surface area contributed by atoms with Crippen LogP contribution in [0.15, 0.2) is 24.5 Å². The first kappa shape index (κ1) is 14.1. The van der Waals surface area contributed by atoms with E-state index in [1.54, 1.807) is 19.3 Å². The zero-order valence-corrected chi connectivity index (χ0v) is 11.6. The Hall–Kier alpha value is -0.940. The van der Waals surface area contributed by atoms with Crippen molar-refractivity contribution in [3.8, 4) is 0 Å². The van der Waals surface area contributed by atoms with Gasteiger partial charge in [0.15, 0.2) is 9.84 Å². The van der Waals surface area contributed by atoms with Crippen LogP contribution in [0.4, 0.5) is 0 Å². The highest BCUT2D eigenvalue weighted by Crippen LogP contribution is 2.12. The van der Waals surface area contributed by atoms with Crippen molar-refractivity contribution >= 4 is 9.84 Å². The summed E-state index contributed by atoms with van der Waals surface area (Å²) in [6.45, 7) is 4.39. The van der Waals surface area contributed by atoms with Crippen LogP contribution in [0.2, 0.25) is 0 Å². The molecule has 4 nitrogen and oxygen atoms in total. The van der Waals surface area contributed by atoms with Gasteiger partial charge in [0.1, 0.15) is 0 Å². The van der Waals surface area contributed by atoms with Crippen LogP contribution in [-0.2, 0) is 16.4 Å². The molecule has 1 aromatic rings. The van der Waals surface area contributed by atoms with E-state index in [9.17, 15) is 8.42 Å². The molecule has 0 bridgehead atoms. The molecule has 0 aliphatic carbocycles. The molecule has 0 aromatic carbocycles. The van der Waals surface area contributed by atoms with E-state index in [1.165, 1.54) is 6.26 Å². The minimum atomic E-state index is -3.00. The normalized spacial score (nSPS) is 15.8. The predicted molar refractivity (Wildman–Crippen MR) is 69.5 cm³/mol. The quantitative estimate of drug-likeness (QED) is 0.797. The van der Waals surface area contributed by atoms with Crippen molar-refractivity contribution in [2.75, 3.05) is 13.3 Å². The molecule has 2 unspecified atom stereocenters. The summed E-state index contributed by atoms with van der Waals surface area (Å²) in [5.74, 6) is 0. The molecule has 0 saturated carbocycles. The van der Waals surface area contributed by atoms with Crippen LogP contribution in [0, 0.1) is 0 Å². The van der Waals surface area contributed by atoms with Gasteiger partial charge < -0.3 is 0 Å². The van der Waals surface area contributed by atoms with Crippen molar-refractivity contribution in [3.63, 3.8) is 0 Å². The zero-order valence-electron chi connectivity index (χ0n) is 10.8. The summed E-state index contributed by atoms with van der Waals surface area (Å²) in [5.41, 5.74) is 1.09. The van der Waals surface area contributed by atoms with Crippen LogP contribution in [0.1, 0.15) is 19.4 Å². The molecular weight excluding hydrogens is 236 g/mol. The maximum absolute atomic E-state index is 11.5. The highest BCUT2D eigenvalue weighted by Gasteiger charge is 2.25. The van der Waals surface area contributed by atoms with E-state index >= 15 is 0 Å². The third-order valence-corrected chi connectivity index (χ3v) is 4.95. The molecule has 1 aromatic heterocycles. The Morgan fingerprint density at radius 2 is 2.06 bits per heavy atom. The van der Waals surface area contributed by atoms with E-state index in [2.05, 4.69) is 4.98 Å². The van der Waals surface area contributed by atoms with Crippen LogP contribution in [0.5, 0.6) is 0 Å². The second-order valence-electron chi connectivity index (χ2n) is 4.55. The topological polar surface area (TPSA) is 50.3 Å². The third-order valence-electron chi connectivity index (χ3n) is 3.20. The van der Waals surface area contributed by atoms with E-state index < -0.39 is 9.84 Å². The largest absolute Gasteiger partial charge is 0.298 e. The SMILES string of the molecule is CC(C(C)S(C)(=O)=O)N(C)Cc1cccnc1. The van der Waals surface area contributed by atoms with Gasteiger partial charge in [-0.3, -0.25) is 9.88 Å². The lowest BCUT2D eigenvalue weighted by molar-refractivity contribution is 0.245. The lowest BCUT2D eigenvalue weighted by Gasteiger charge is -2.28. The van der Waals surface area contributed by atoms with Crippen molar-refractivity contribution in [2.45, 2.75) is 31.7 Å². The smallest absolute Gasteiger partial charge is 0.151 e. The summed E-state index contributed by atoms with van der Waals surface area (Å²) in [5, 5.41) is -0.371. The Kier molecular flexibility index (Phi) is 4.65. The van der Waals surface area contributed by atoms with Gasteiger partial charge >= 0.3 is 0 Å². The van der Waals surface area contributed by atoms with E-state index in [-0.39, 0.29) is 11.3 Å². The van der Waals surface area contributed by atoms with Crippen molar-refractivity contribution in [1.82, 2.24) is 9.88 Å². The molecular formula is C12H20N2O2S. The third kappa shape index (κ3) is 4.09. The summed E-state index contributed by atoms with van der Waals surface area (Å²) in [4.78, 5) is 6.08. The van der Waals surface area contributed by atoms with E-state index in [0.717, 1.165) is 5.56 Å². The molecule has 0 amide bonds. The molecule has 0 radical (unpaired) electrons. The molecule has 0 aliphatic rings. The molecule has 0 N–H and O–H groups in total. The van der Waals surface area contributed by atoms with Crippen LogP contribution >= 0.6 is 0 Å². The van der Waals surface area contributed by atoms with Gasteiger partial charge in [0.2, 0.25) is 0 Å². The Morgan fingerprint density at radius 3 is 2.53 bits per heavy atom. The predicted octanol–water partition coefficient (Wildman–Crippen LogP) is 1.33. The second kappa shape index (κ2) is 5.60. The first-order chi connectivity index (χ1) is 7.82. The van der Waals surface area contributed by atoms with E-state index in [4.69, 9.17) is 0 Å². The number of hydrogen-bond donors (Lipinski definition) is 0. The van der Waals surface area contributed by atoms with Crippen molar-refractivity contribution in [1.29, 1.82) is 0 Å². The van der Waals surface area contributed by atoms with Gasteiger partial charge in [-0.2, -0.15) is 0 Å². The fourth-order valence-electron chi connectivity index (χ4n) is 1.64. The lowest BCUT2D eigenvalue weighted by atomic mass is 10.2. The van der Waals surface area contributed by atoms with Gasteiger partial charge in [0.25, 0.3) is 0 Å². The average molecular weight is 256 g/mol. The minimum Gasteiger partial charge on any atom is -0.298 e. The summed E-state index contributed by atoms with van der Waals surface area (Å²) in [6.07, 6.45) is 4.81. The van der Waals surface area contributed by atoms with Crippen LogP contribution in [-0.4, -0.2) is 42.9 Å². The van der Waals surface area contributed by atoms with Gasteiger partial charge in [-0.1, -0.05) is 6.07 Å². The number of rotatable bonds is 5. The van der Waals surface area contributed by atoms with Gasteiger partial charge in [0, 0.05) is 31.2 Å². The molecule has 1 rings (SSSR count). The maximum atomic E-state index is 11.5. The summed E-state index contributed by atoms with van der Waals surface area (Å²) in [6, 6.07) is 3.85. The van der Waals surface area contributed by atoms with Crippen molar-refractivity contribution < 1.29 is 8.42 Å². The standard InChI is InChI=1S/C12H20N2O2S/c1-10(11(2)17(4,15)16)14(3)9-12-6-5-7-13-8-12/h5-8,10-11H,9H2,1-4H3. The number of sulfone groups is 1. The Morgan fingerprint density at radius 1 is 1.41 bits per heavy atom. The van der Waals surface area contributed by atoms with E-state index in [0.29, 0.717) is 6.54 Å². The Bertz CT molecular complexity index is 445.